The summed E-state index contributed by atoms with van der Waals surface area (Å²) in [5.41, 5.74) is 5.74. The van der Waals surface area contributed by atoms with Gasteiger partial charge in [-0.2, -0.15) is 0 Å². The van der Waals surface area contributed by atoms with Gasteiger partial charge in [0.2, 0.25) is 0 Å². The largest absolute Gasteiger partial charge is 0.465 e. The van der Waals surface area contributed by atoms with Crippen LogP contribution in [-0.2, 0) is 4.74 Å². The summed E-state index contributed by atoms with van der Waals surface area (Å²) in [5, 5.41) is 9.41. The summed E-state index contributed by atoms with van der Waals surface area (Å²) >= 11 is 0. The first-order valence-electron chi connectivity index (χ1n) is 7.11. The van der Waals surface area contributed by atoms with Crippen LogP contribution in [0.15, 0.2) is 0 Å². The van der Waals surface area contributed by atoms with Gasteiger partial charge in [-0.05, 0) is 30.6 Å². The molecule has 0 saturated carbocycles. The quantitative estimate of drug-likeness (QED) is 0.804. The highest BCUT2D eigenvalue weighted by atomic mass is 16.5. The van der Waals surface area contributed by atoms with Crippen molar-refractivity contribution in [2.24, 2.45) is 17.1 Å². The van der Waals surface area contributed by atoms with E-state index in [0.717, 1.165) is 32.5 Å². The molecular formula is C14H28N2O3. The maximum Gasteiger partial charge on any atom is 0.407 e. The van der Waals surface area contributed by atoms with Gasteiger partial charge in [0.25, 0.3) is 0 Å². The zero-order chi connectivity index (χ0) is 14.5. The van der Waals surface area contributed by atoms with Crippen molar-refractivity contribution in [3.8, 4) is 0 Å². The van der Waals surface area contributed by atoms with Gasteiger partial charge in [0.05, 0.1) is 0 Å². The van der Waals surface area contributed by atoms with Gasteiger partial charge in [-0.3, -0.25) is 0 Å². The van der Waals surface area contributed by atoms with Gasteiger partial charge < -0.3 is 20.5 Å². The van der Waals surface area contributed by atoms with Crippen LogP contribution in [-0.4, -0.2) is 48.4 Å². The predicted octanol–water partition coefficient (Wildman–Crippen LogP) is 2.16. The summed E-state index contributed by atoms with van der Waals surface area (Å²) in [6.45, 7) is 8.57. The summed E-state index contributed by atoms with van der Waals surface area (Å²) in [7, 11) is 0. The average molecular weight is 272 g/mol. The van der Waals surface area contributed by atoms with Crippen molar-refractivity contribution < 1.29 is 14.6 Å². The van der Waals surface area contributed by atoms with Gasteiger partial charge in [-0.1, -0.05) is 20.8 Å². The van der Waals surface area contributed by atoms with Gasteiger partial charge in [0.1, 0.15) is 0 Å². The van der Waals surface area contributed by atoms with Gasteiger partial charge in [0.15, 0.2) is 0 Å². The maximum absolute atomic E-state index is 11.5. The van der Waals surface area contributed by atoms with Crippen LogP contribution in [0.2, 0.25) is 0 Å². The number of ether oxygens (including phenoxy) is 1. The van der Waals surface area contributed by atoms with Gasteiger partial charge in [-0.25, -0.2) is 4.79 Å². The topological polar surface area (TPSA) is 75.8 Å². The minimum atomic E-state index is -0.873. The number of hydrogen-bond acceptors (Lipinski definition) is 3. The first-order chi connectivity index (χ1) is 8.83. The van der Waals surface area contributed by atoms with Crippen molar-refractivity contribution in [2.75, 3.05) is 26.3 Å². The fourth-order valence-corrected chi connectivity index (χ4v) is 2.59. The fourth-order valence-electron chi connectivity index (χ4n) is 2.59. The molecule has 0 aromatic heterocycles. The van der Waals surface area contributed by atoms with Crippen LogP contribution in [0, 0.1) is 11.3 Å². The Morgan fingerprint density at radius 1 is 1.53 bits per heavy atom. The number of nitrogens with zero attached hydrogens (tertiary/aromatic N) is 1. The summed E-state index contributed by atoms with van der Waals surface area (Å²) < 4.78 is 5.46. The Bertz CT molecular complexity index is 283. The number of rotatable bonds is 5. The van der Waals surface area contributed by atoms with E-state index >= 15 is 0 Å². The first-order valence-corrected chi connectivity index (χ1v) is 7.11. The third-order valence-electron chi connectivity index (χ3n) is 3.46. The molecule has 1 aliphatic heterocycles. The second-order valence-electron chi connectivity index (χ2n) is 6.68. The Balaban J connectivity index is 2.64. The molecule has 1 saturated heterocycles. The molecule has 0 unspecified atom stereocenters. The zero-order valence-electron chi connectivity index (χ0n) is 12.4. The molecule has 19 heavy (non-hydrogen) atoms. The molecule has 2 atom stereocenters. The van der Waals surface area contributed by atoms with Crippen LogP contribution < -0.4 is 5.73 Å². The Kier molecular flexibility index (Phi) is 6.07. The highest BCUT2D eigenvalue weighted by Gasteiger charge is 2.29. The molecule has 0 aromatic carbocycles. The van der Waals surface area contributed by atoms with Gasteiger partial charge >= 0.3 is 6.09 Å². The molecule has 3 N–H and O–H groups in total. The molecule has 1 aliphatic rings. The molecule has 0 spiro atoms. The summed E-state index contributed by atoms with van der Waals surface area (Å²) in [6.07, 6.45) is 2.11. The molecule has 0 aliphatic carbocycles. The molecule has 1 heterocycles. The highest BCUT2D eigenvalue weighted by molar-refractivity contribution is 5.65. The van der Waals surface area contributed by atoms with E-state index < -0.39 is 6.09 Å². The van der Waals surface area contributed by atoms with E-state index in [1.165, 1.54) is 4.90 Å². The van der Waals surface area contributed by atoms with Crippen LogP contribution in [0.3, 0.4) is 0 Å². The number of carboxylic acid groups (broad SMARTS) is 1. The molecule has 0 aromatic rings. The monoisotopic (exact) mass is 272 g/mol. The van der Waals surface area contributed by atoms with Crippen molar-refractivity contribution in [1.29, 1.82) is 0 Å². The van der Waals surface area contributed by atoms with E-state index in [1.54, 1.807) is 0 Å². The molecule has 5 nitrogen and oxygen atoms in total. The highest BCUT2D eigenvalue weighted by Crippen LogP contribution is 2.24. The van der Waals surface area contributed by atoms with Crippen molar-refractivity contribution in [3.05, 3.63) is 0 Å². The van der Waals surface area contributed by atoms with Gasteiger partial charge in [-0.15, -0.1) is 0 Å². The SMILES string of the molecule is CC(C)(C)CN(C(=O)O)[C@H](CN)C[C@@H]1CCCOC1. The third-order valence-corrected chi connectivity index (χ3v) is 3.46. The Morgan fingerprint density at radius 3 is 2.63 bits per heavy atom. The summed E-state index contributed by atoms with van der Waals surface area (Å²) in [6, 6.07) is -0.108. The molecule has 1 amide bonds. The summed E-state index contributed by atoms with van der Waals surface area (Å²) in [4.78, 5) is 13.0. The molecule has 0 bridgehead atoms. The smallest absolute Gasteiger partial charge is 0.407 e. The van der Waals surface area contributed by atoms with Crippen molar-refractivity contribution in [2.45, 2.75) is 46.1 Å². The number of nitrogens with two attached hydrogens (primary N) is 1. The van der Waals surface area contributed by atoms with Crippen molar-refractivity contribution in [1.82, 2.24) is 4.90 Å². The fraction of sp³-hybridized carbons (Fsp3) is 0.929. The number of carbonyl (C=O) groups is 1. The molecular weight excluding hydrogens is 244 g/mol. The lowest BCUT2D eigenvalue weighted by molar-refractivity contribution is 0.0343. The Morgan fingerprint density at radius 2 is 2.21 bits per heavy atom. The lowest BCUT2D eigenvalue weighted by Gasteiger charge is -2.36. The standard InChI is InChI=1S/C14H28N2O3/c1-14(2,3)10-16(13(17)18)12(8-15)7-11-5-4-6-19-9-11/h11-12H,4-10,15H2,1-3H3,(H,17,18)/t11-,12-/m0/s1. The molecule has 1 fully saturated rings. The van der Waals surface area contributed by atoms with E-state index in [4.69, 9.17) is 10.5 Å². The zero-order valence-corrected chi connectivity index (χ0v) is 12.4. The normalized spacial score (nSPS) is 22.0. The molecule has 1 rings (SSSR count). The first kappa shape index (κ1) is 16.2. The summed E-state index contributed by atoms with van der Waals surface area (Å²) in [5.74, 6) is 0.434. The van der Waals surface area contributed by atoms with Crippen LogP contribution in [0.25, 0.3) is 0 Å². The average Bonchev–Trinajstić information content (AvgIpc) is 2.33. The van der Waals surface area contributed by atoms with Crippen LogP contribution in [0.5, 0.6) is 0 Å². The van der Waals surface area contributed by atoms with E-state index in [-0.39, 0.29) is 11.5 Å². The number of hydrogen-bond donors (Lipinski definition) is 2. The van der Waals surface area contributed by atoms with Crippen molar-refractivity contribution >= 4 is 6.09 Å². The van der Waals surface area contributed by atoms with E-state index in [1.807, 2.05) is 20.8 Å². The van der Waals surface area contributed by atoms with Crippen LogP contribution in [0.1, 0.15) is 40.0 Å². The van der Waals surface area contributed by atoms with E-state index in [9.17, 15) is 9.90 Å². The molecule has 0 radical (unpaired) electrons. The maximum atomic E-state index is 11.5. The number of amides is 1. The Labute approximate surface area is 116 Å². The van der Waals surface area contributed by atoms with Crippen molar-refractivity contribution in [3.63, 3.8) is 0 Å². The molecule has 112 valence electrons. The second kappa shape index (κ2) is 7.10. The van der Waals surface area contributed by atoms with E-state index in [0.29, 0.717) is 19.0 Å². The second-order valence-corrected chi connectivity index (χ2v) is 6.68. The van der Waals surface area contributed by atoms with Crippen LogP contribution >= 0.6 is 0 Å². The Hall–Kier alpha value is -0.810. The minimum Gasteiger partial charge on any atom is -0.465 e. The minimum absolute atomic E-state index is 0.0606. The molecule has 5 heteroatoms. The third kappa shape index (κ3) is 5.78. The predicted molar refractivity (Wildman–Crippen MR) is 75.2 cm³/mol. The lowest BCUT2D eigenvalue weighted by atomic mass is 9.91. The van der Waals surface area contributed by atoms with E-state index in [2.05, 4.69) is 0 Å². The van der Waals surface area contributed by atoms with Gasteiger partial charge in [0, 0.05) is 32.3 Å². The lowest BCUT2D eigenvalue weighted by Crippen LogP contribution is -2.48. The van der Waals surface area contributed by atoms with Crippen LogP contribution in [0.4, 0.5) is 4.79 Å².